The highest BCUT2D eigenvalue weighted by molar-refractivity contribution is 6.34. The lowest BCUT2D eigenvalue weighted by Gasteiger charge is -2.14. The van der Waals surface area contributed by atoms with Crippen LogP contribution in [0.15, 0.2) is 60.9 Å². The summed E-state index contributed by atoms with van der Waals surface area (Å²) in [5.41, 5.74) is 2.16. The van der Waals surface area contributed by atoms with Gasteiger partial charge in [0.05, 0.1) is 34.9 Å². The van der Waals surface area contributed by atoms with Gasteiger partial charge in [-0.2, -0.15) is 15.0 Å². The van der Waals surface area contributed by atoms with Gasteiger partial charge in [0.15, 0.2) is 0 Å². The molecule has 1 aliphatic heterocycles. The van der Waals surface area contributed by atoms with Crippen molar-refractivity contribution in [1.29, 1.82) is 0 Å². The number of anilines is 1. The highest BCUT2D eigenvalue weighted by Crippen LogP contribution is 2.28. The van der Waals surface area contributed by atoms with Gasteiger partial charge in [-0.15, -0.1) is 0 Å². The van der Waals surface area contributed by atoms with Crippen LogP contribution in [-0.2, 0) is 0 Å². The van der Waals surface area contributed by atoms with Crippen molar-refractivity contribution in [2.45, 2.75) is 0 Å². The fraction of sp³-hybridized carbons (Fsp3) is 0. The van der Waals surface area contributed by atoms with E-state index in [-0.39, 0.29) is 11.8 Å². The quantitative estimate of drug-likeness (QED) is 0.678. The first-order chi connectivity index (χ1) is 10.8. The normalized spacial score (nSPS) is 13.5. The second-order valence-corrected chi connectivity index (χ2v) is 4.83. The highest BCUT2D eigenvalue weighted by Gasteiger charge is 2.36. The molecular weight excluding hydrogens is 280 g/mol. The zero-order valence-electron chi connectivity index (χ0n) is 11.4. The van der Waals surface area contributed by atoms with E-state index in [1.807, 2.05) is 0 Å². The van der Waals surface area contributed by atoms with Crippen LogP contribution < -0.4 is 4.90 Å². The van der Waals surface area contributed by atoms with Crippen LogP contribution in [0, 0.1) is 0 Å². The number of rotatable bonds is 2. The van der Waals surface area contributed by atoms with Crippen LogP contribution in [0.4, 0.5) is 5.69 Å². The van der Waals surface area contributed by atoms with Gasteiger partial charge >= 0.3 is 0 Å². The number of carbonyl (C=O) groups excluding carboxylic acids is 2. The van der Waals surface area contributed by atoms with E-state index in [0.29, 0.717) is 16.8 Å². The van der Waals surface area contributed by atoms with E-state index in [1.165, 1.54) is 9.70 Å². The van der Waals surface area contributed by atoms with Gasteiger partial charge in [0.1, 0.15) is 0 Å². The summed E-state index contributed by atoms with van der Waals surface area (Å²) in [7, 11) is 0. The van der Waals surface area contributed by atoms with Crippen LogP contribution in [0.5, 0.6) is 0 Å². The third-order valence-electron chi connectivity index (χ3n) is 3.55. The fourth-order valence-corrected chi connectivity index (χ4v) is 2.51. The van der Waals surface area contributed by atoms with Gasteiger partial charge in [0.2, 0.25) is 0 Å². The van der Waals surface area contributed by atoms with Crippen molar-refractivity contribution >= 4 is 17.5 Å². The number of imide groups is 1. The Morgan fingerprint density at radius 3 is 1.73 bits per heavy atom. The number of amides is 2. The van der Waals surface area contributed by atoms with Crippen molar-refractivity contribution in [2.75, 3.05) is 4.90 Å². The Morgan fingerprint density at radius 1 is 0.682 bits per heavy atom. The van der Waals surface area contributed by atoms with Crippen molar-refractivity contribution in [1.82, 2.24) is 15.0 Å². The van der Waals surface area contributed by atoms with Crippen molar-refractivity contribution in [3.63, 3.8) is 0 Å². The maximum absolute atomic E-state index is 12.4. The van der Waals surface area contributed by atoms with Gasteiger partial charge in [-0.05, 0) is 36.4 Å². The molecule has 0 atom stereocenters. The van der Waals surface area contributed by atoms with Gasteiger partial charge in [-0.1, -0.05) is 12.1 Å². The second kappa shape index (κ2) is 4.63. The molecule has 0 spiro atoms. The number of fused-ring (bicyclic) bond motifs is 1. The van der Waals surface area contributed by atoms with E-state index in [1.54, 1.807) is 60.9 Å². The average molecular weight is 290 g/mol. The van der Waals surface area contributed by atoms with Crippen molar-refractivity contribution < 1.29 is 9.59 Å². The summed E-state index contributed by atoms with van der Waals surface area (Å²) < 4.78 is 0. The first-order valence-corrected chi connectivity index (χ1v) is 6.70. The van der Waals surface area contributed by atoms with Crippen molar-refractivity contribution in [2.24, 2.45) is 0 Å². The smallest absolute Gasteiger partial charge is 0.266 e. The van der Waals surface area contributed by atoms with E-state index >= 15 is 0 Å². The maximum atomic E-state index is 12.4. The fourth-order valence-electron chi connectivity index (χ4n) is 2.51. The lowest BCUT2D eigenvalue weighted by Crippen LogP contribution is -2.29. The molecule has 0 bridgehead atoms. The predicted octanol–water partition coefficient (Wildman–Crippen LogP) is 2.07. The minimum absolute atomic E-state index is 0.300. The summed E-state index contributed by atoms with van der Waals surface area (Å²) in [5, 5.41) is 8.07. The van der Waals surface area contributed by atoms with Gasteiger partial charge < -0.3 is 0 Å². The monoisotopic (exact) mass is 290 g/mol. The molecule has 0 saturated heterocycles. The number of hydrogen-bond acceptors (Lipinski definition) is 4. The van der Waals surface area contributed by atoms with E-state index in [9.17, 15) is 9.59 Å². The molecule has 0 radical (unpaired) electrons. The Kier molecular flexibility index (Phi) is 2.62. The molecule has 106 valence electrons. The topological polar surface area (TPSA) is 68.1 Å². The molecule has 6 heteroatoms. The van der Waals surface area contributed by atoms with Crippen LogP contribution in [0.2, 0.25) is 0 Å². The summed E-state index contributed by atoms with van der Waals surface area (Å²) in [4.78, 5) is 27.4. The molecule has 2 heterocycles. The minimum atomic E-state index is -0.300. The third kappa shape index (κ3) is 1.74. The summed E-state index contributed by atoms with van der Waals surface area (Å²) in [5.74, 6) is -0.601. The molecule has 22 heavy (non-hydrogen) atoms. The van der Waals surface area contributed by atoms with Crippen LogP contribution >= 0.6 is 0 Å². The first-order valence-electron chi connectivity index (χ1n) is 6.70. The minimum Gasteiger partial charge on any atom is -0.268 e. The Hall–Kier alpha value is -3.28. The molecule has 0 N–H and O–H groups in total. The molecule has 0 fully saturated rings. The second-order valence-electron chi connectivity index (χ2n) is 4.83. The largest absolute Gasteiger partial charge is 0.268 e. The lowest BCUT2D eigenvalue weighted by atomic mass is 10.1. The molecule has 0 saturated carbocycles. The predicted molar refractivity (Wildman–Crippen MR) is 78.9 cm³/mol. The molecule has 4 rings (SSSR count). The summed E-state index contributed by atoms with van der Waals surface area (Å²) in [6.07, 6.45) is 3.16. The number of benzene rings is 2. The third-order valence-corrected chi connectivity index (χ3v) is 3.55. The Balaban J connectivity index is 1.72. The van der Waals surface area contributed by atoms with E-state index in [4.69, 9.17) is 0 Å². The zero-order valence-corrected chi connectivity index (χ0v) is 11.4. The van der Waals surface area contributed by atoms with Gasteiger partial charge in [0, 0.05) is 0 Å². The molecule has 1 aliphatic rings. The summed E-state index contributed by atoms with van der Waals surface area (Å²) in [6.45, 7) is 0. The Labute approximate surface area is 125 Å². The summed E-state index contributed by atoms with van der Waals surface area (Å²) in [6, 6.07) is 13.8. The van der Waals surface area contributed by atoms with Gasteiger partial charge in [0.25, 0.3) is 11.8 Å². The molecule has 2 aromatic carbocycles. The molecule has 0 aliphatic carbocycles. The molecule has 3 aromatic rings. The van der Waals surface area contributed by atoms with E-state index < -0.39 is 0 Å². The average Bonchev–Trinajstić information content (AvgIpc) is 3.17. The van der Waals surface area contributed by atoms with Gasteiger partial charge in [-0.3, -0.25) is 9.59 Å². The van der Waals surface area contributed by atoms with E-state index in [2.05, 4.69) is 10.2 Å². The maximum Gasteiger partial charge on any atom is 0.266 e. The molecule has 2 amide bonds. The first kappa shape index (κ1) is 12.5. The van der Waals surface area contributed by atoms with Crippen molar-refractivity contribution in [3.05, 3.63) is 72.1 Å². The lowest BCUT2D eigenvalue weighted by molar-refractivity contribution is 0.0926. The van der Waals surface area contributed by atoms with Gasteiger partial charge in [-0.25, -0.2) is 4.90 Å². The molecular formula is C16H10N4O2. The van der Waals surface area contributed by atoms with E-state index in [0.717, 1.165) is 5.69 Å². The summed E-state index contributed by atoms with van der Waals surface area (Å²) >= 11 is 0. The Morgan fingerprint density at radius 2 is 1.18 bits per heavy atom. The Bertz CT molecular complexity index is 834. The molecule has 0 unspecified atom stereocenters. The number of aromatic nitrogens is 3. The number of nitrogens with zero attached hydrogens (tertiary/aromatic N) is 4. The van der Waals surface area contributed by atoms with Crippen LogP contribution in [-0.4, -0.2) is 26.8 Å². The van der Waals surface area contributed by atoms with Crippen molar-refractivity contribution in [3.8, 4) is 5.69 Å². The molecule has 1 aromatic heterocycles. The highest BCUT2D eigenvalue weighted by atomic mass is 16.2. The van der Waals surface area contributed by atoms with Crippen LogP contribution in [0.25, 0.3) is 5.69 Å². The SMILES string of the molecule is O=C1c2ccccc2C(=O)N1c1ccc(-n2nccn2)cc1. The standard InChI is InChI=1S/C16H10N4O2/c21-15-13-3-1-2-4-14(13)16(22)19(15)11-5-7-12(8-6-11)20-17-9-10-18-20/h1-10H. The van der Waals surface area contributed by atoms with Crippen LogP contribution in [0.1, 0.15) is 20.7 Å². The van der Waals surface area contributed by atoms with Crippen LogP contribution in [0.3, 0.4) is 0 Å². The number of hydrogen-bond donors (Lipinski definition) is 0. The number of carbonyl (C=O) groups is 2. The molecule has 6 nitrogen and oxygen atoms in total. The zero-order chi connectivity index (χ0) is 15.1.